The van der Waals surface area contributed by atoms with E-state index < -0.39 is 6.04 Å². The number of nitrogens with one attached hydrogen (secondary N) is 1. The Bertz CT molecular complexity index is 743. The lowest BCUT2D eigenvalue weighted by Gasteiger charge is -2.35. The lowest BCUT2D eigenvalue weighted by molar-refractivity contribution is -0.134. The SMILES string of the molecule is NC(Cc1ccccc1)C(=O)N1CCN(CC(=O)Nc2ccccc2)CC1. The van der Waals surface area contributed by atoms with E-state index >= 15 is 0 Å². The first-order valence-corrected chi connectivity index (χ1v) is 9.27. The molecule has 0 bridgehead atoms. The summed E-state index contributed by atoms with van der Waals surface area (Å²) in [4.78, 5) is 28.6. The van der Waals surface area contributed by atoms with Gasteiger partial charge in [0.25, 0.3) is 0 Å². The van der Waals surface area contributed by atoms with E-state index in [1.165, 1.54) is 0 Å². The van der Waals surface area contributed by atoms with Crippen LogP contribution < -0.4 is 11.1 Å². The van der Waals surface area contributed by atoms with Gasteiger partial charge in [-0.3, -0.25) is 14.5 Å². The monoisotopic (exact) mass is 366 g/mol. The van der Waals surface area contributed by atoms with Gasteiger partial charge in [0.05, 0.1) is 12.6 Å². The lowest BCUT2D eigenvalue weighted by atomic mass is 10.1. The molecule has 2 amide bonds. The Morgan fingerprint density at radius 3 is 2.15 bits per heavy atom. The Hall–Kier alpha value is -2.70. The van der Waals surface area contributed by atoms with Crippen molar-refractivity contribution in [1.82, 2.24) is 9.80 Å². The molecule has 2 aromatic carbocycles. The Balaban J connectivity index is 1.42. The van der Waals surface area contributed by atoms with Gasteiger partial charge < -0.3 is 16.0 Å². The van der Waals surface area contributed by atoms with Crippen LogP contribution in [0.15, 0.2) is 60.7 Å². The molecule has 1 fully saturated rings. The number of nitrogens with two attached hydrogens (primary N) is 1. The average Bonchev–Trinajstić information content (AvgIpc) is 2.69. The first-order chi connectivity index (χ1) is 13.1. The van der Waals surface area contributed by atoms with Gasteiger partial charge in [0, 0.05) is 31.9 Å². The van der Waals surface area contributed by atoms with Gasteiger partial charge in [-0.2, -0.15) is 0 Å². The molecule has 2 aromatic rings. The van der Waals surface area contributed by atoms with Crippen LogP contribution in [0.5, 0.6) is 0 Å². The summed E-state index contributed by atoms with van der Waals surface area (Å²) in [5.41, 5.74) is 7.97. The molecule has 1 unspecified atom stereocenters. The van der Waals surface area contributed by atoms with Crippen LogP contribution in [-0.2, 0) is 16.0 Å². The number of para-hydroxylation sites is 1. The second-order valence-corrected chi connectivity index (χ2v) is 6.81. The van der Waals surface area contributed by atoms with Crippen LogP contribution >= 0.6 is 0 Å². The van der Waals surface area contributed by atoms with E-state index in [1.807, 2.05) is 60.7 Å². The van der Waals surface area contributed by atoms with Crippen molar-refractivity contribution in [2.75, 3.05) is 38.0 Å². The van der Waals surface area contributed by atoms with E-state index in [1.54, 1.807) is 4.90 Å². The van der Waals surface area contributed by atoms with Crippen LogP contribution in [0.1, 0.15) is 5.56 Å². The number of amides is 2. The topological polar surface area (TPSA) is 78.7 Å². The molecule has 0 aromatic heterocycles. The normalized spacial score (nSPS) is 16.0. The number of carbonyl (C=O) groups is 2. The molecule has 1 heterocycles. The molecule has 6 nitrogen and oxygen atoms in total. The average molecular weight is 366 g/mol. The summed E-state index contributed by atoms with van der Waals surface area (Å²) in [6, 6.07) is 18.7. The summed E-state index contributed by atoms with van der Waals surface area (Å²) in [5.74, 6) is -0.0611. The van der Waals surface area contributed by atoms with E-state index in [4.69, 9.17) is 5.73 Å². The molecule has 3 N–H and O–H groups in total. The van der Waals surface area contributed by atoms with Crippen LogP contribution in [0.3, 0.4) is 0 Å². The summed E-state index contributed by atoms with van der Waals surface area (Å²) >= 11 is 0. The molecule has 0 radical (unpaired) electrons. The molecule has 1 aliphatic heterocycles. The molecule has 6 heteroatoms. The fraction of sp³-hybridized carbons (Fsp3) is 0.333. The third-order valence-electron chi connectivity index (χ3n) is 4.72. The Morgan fingerprint density at radius 1 is 0.926 bits per heavy atom. The van der Waals surface area contributed by atoms with Crippen molar-refractivity contribution >= 4 is 17.5 Å². The maximum absolute atomic E-state index is 12.6. The molecule has 1 saturated heterocycles. The molecule has 142 valence electrons. The number of anilines is 1. The van der Waals surface area contributed by atoms with Gasteiger partial charge in [-0.05, 0) is 24.1 Å². The van der Waals surface area contributed by atoms with Crippen LogP contribution in [0.25, 0.3) is 0 Å². The van der Waals surface area contributed by atoms with Gasteiger partial charge in [0.2, 0.25) is 11.8 Å². The highest BCUT2D eigenvalue weighted by atomic mass is 16.2. The van der Waals surface area contributed by atoms with E-state index in [9.17, 15) is 9.59 Å². The highest BCUT2D eigenvalue weighted by Crippen LogP contribution is 2.09. The molecule has 0 spiro atoms. The lowest BCUT2D eigenvalue weighted by Crippen LogP contribution is -2.54. The number of nitrogens with zero attached hydrogens (tertiary/aromatic N) is 2. The summed E-state index contributed by atoms with van der Waals surface area (Å²) in [6.07, 6.45) is 0.541. The van der Waals surface area contributed by atoms with Crippen molar-refractivity contribution in [3.8, 4) is 0 Å². The third kappa shape index (κ3) is 5.64. The molecule has 0 aliphatic carbocycles. The number of carbonyl (C=O) groups excluding carboxylic acids is 2. The predicted molar refractivity (Wildman–Crippen MR) is 106 cm³/mol. The molecular formula is C21H26N4O2. The summed E-state index contributed by atoms with van der Waals surface area (Å²) in [6.45, 7) is 2.87. The van der Waals surface area contributed by atoms with Crippen LogP contribution in [-0.4, -0.2) is 60.4 Å². The highest BCUT2D eigenvalue weighted by molar-refractivity contribution is 5.92. The number of rotatable bonds is 6. The van der Waals surface area contributed by atoms with Crippen molar-refractivity contribution in [3.63, 3.8) is 0 Å². The highest BCUT2D eigenvalue weighted by Gasteiger charge is 2.26. The van der Waals surface area contributed by atoms with Crippen molar-refractivity contribution in [1.29, 1.82) is 0 Å². The van der Waals surface area contributed by atoms with Crippen molar-refractivity contribution in [2.45, 2.75) is 12.5 Å². The van der Waals surface area contributed by atoms with Gasteiger partial charge in [0.1, 0.15) is 0 Å². The third-order valence-corrected chi connectivity index (χ3v) is 4.72. The molecule has 27 heavy (non-hydrogen) atoms. The minimum atomic E-state index is -0.527. The van der Waals surface area contributed by atoms with Crippen LogP contribution in [0, 0.1) is 0 Å². The number of hydrogen-bond donors (Lipinski definition) is 2. The minimum Gasteiger partial charge on any atom is -0.339 e. The van der Waals surface area contributed by atoms with E-state index in [0.717, 1.165) is 11.3 Å². The zero-order chi connectivity index (χ0) is 19.1. The second kappa shape index (κ2) is 9.30. The molecular weight excluding hydrogens is 340 g/mol. The smallest absolute Gasteiger partial charge is 0.239 e. The number of piperazine rings is 1. The van der Waals surface area contributed by atoms with Crippen molar-refractivity contribution < 1.29 is 9.59 Å². The maximum atomic E-state index is 12.6. The van der Waals surface area contributed by atoms with Gasteiger partial charge >= 0.3 is 0 Å². The fourth-order valence-electron chi connectivity index (χ4n) is 3.24. The first-order valence-electron chi connectivity index (χ1n) is 9.27. The summed E-state index contributed by atoms with van der Waals surface area (Å²) in [5, 5.41) is 2.89. The molecule has 0 saturated carbocycles. The Morgan fingerprint density at radius 2 is 1.52 bits per heavy atom. The zero-order valence-electron chi connectivity index (χ0n) is 15.4. The van der Waals surface area contributed by atoms with Crippen molar-refractivity contribution in [2.24, 2.45) is 5.73 Å². The number of benzene rings is 2. The maximum Gasteiger partial charge on any atom is 0.239 e. The zero-order valence-corrected chi connectivity index (χ0v) is 15.4. The molecule has 1 atom stereocenters. The van der Waals surface area contributed by atoms with Gasteiger partial charge in [-0.15, -0.1) is 0 Å². The van der Waals surface area contributed by atoms with Gasteiger partial charge in [-0.1, -0.05) is 48.5 Å². The standard InChI is InChI=1S/C21H26N4O2/c22-19(15-17-7-3-1-4-8-17)21(27)25-13-11-24(12-14-25)16-20(26)23-18-9-5-2-6-10-18/h1-10,19H,11-16,22H2,(H,23,26). The van der Waals surface area contributed by atoms with E-state index in [0.29, 0.717) is 39.1 Å². The van der Waals surface area contributed by atoms with Crippen LogP contribution in [0.2, 0.25) is 0 Å². The van der Waals surface area contributed by atoms with Crippen molar-refractivity contribution in [3.05, 3.63) is 66.2 Å². The Kier molecular flexibility index (Phi) is 6.57. The molecule has 3 rings (SSSR count). The van der Waals surface area contributed by atoms with E-state index in [2.05, 4.69) is 10.2 Å². The summed E-state index contributed by atoms with van der Waals surface area (Å²) < 4.78 is 0. The largest absolute Gasteiger partial charge is 0.339 e. The molecule has 1 aliphatic rings. The number of hydrogen-bond acceptors (Lipinski definition) is 4. The van der Waals surface area contributed by atoms with Crippen LogP contribution in [0.4, 0.5) is 5.69 Å². The van der Waals surface area contributed by atoms with E-state index in [-0.39, 0.29) is 11.8 Å². The minimum absolute atomic E-state index is 0.0211. The predicted octanol–water partition coefficient (Wildman–Crippen LogP) is 1.34. The Labute approximate surface area is 159 Å². The van der Waals surface area contributed by atoms with Gasteiger partial charge in [-0.25, -0.2) is 0 Å². The quantitative estimate of drug-likeness (QED) is 0.809. The summed E-state index contributed by atoms with van der Waals surface area (Å²) in [7, 11) is 0. The second-order valence-electron chi connectivity index (χ2n) is 6.81. The fourth-order valence-corrected chi connectivity index (χ4v) is 3.24. The first kappa shape index (κ1) is 19.1. The van der Waals surface area contributed by atoms with Gasteiger partial charge in [0.15, 0.2) is 0 Å².